The average Bonchev–Trinajstić information content (AvgIpc) is 2.29. The molecule has 0 saturated heterocycles. The fraction of sp³-hybridized carbons (Fsp3) is 0.400. The Morgan fingerprint density at radius 2 is 2.31 bits per heavy atom. The smallest absolute Gasteiger partial charge is 0.125 e. The van der Waals surface area contributed by atoms with E-state index >= 15 is 0 Å². The Bertz CT molecular complexity index is 312. The molecular formula is C10H11ClO2. The maximum absolute atomic E-state index is 9.73. The molecule has 70 valence electrons. The summed E-state index contributed by atoms with van der Waals surface area (Å²) in [5.74, 6) is 0.759. The molecule has 0 spiro atoms. The predicted molar refractivity (Wildman–Crippen MR) is 51.1 cm³/mol. The monoisotopic (exact) mass is 198 g/mol. The molecule has 13 heavy (non-hydrogen) atoms. The Hall–Kier alpha value is -0.730. The van der Waals surface area contributed by atoms with E-state index in [1.807, 2.05) is 6.07 Å². The Balaban J connectivity index is 2.43. The van der Waals surface area contributed by atoms with Gasteiger partial charge in [0, 0.05) is 10.6 Å². The molecule has 2 rings (SSSR count). The molecule has 1 aliphatic heterocycles. The third-order valence-corrected chi connectivity index (χ3v) is 2.45. The summed E-state index contributed by atoms with van der Waals surface area (Å²) in [7, 11) is 0. The van der Waals surface area contributed by atoms with Crippen molar-refractivity contribution in [2.75, 3.05) is 6.61 Å². The van der Waals surface area contributed by atoms with Crippen LogP contribution in [0.4, 0.5) is 0 Å². The zero-order valence-electron chi connectivity index (χ0n) is 7.16. The molecule has 0 amide bonds. The van der Waals surface area contributed by atoms with Gasteiger partial charge in [0.05, 0.1) is 12.7 Å². The summed E-state index contributed by atoms with van der Waals surface area (Å²) in [6.45, 7) is 0.672. The van der Waals surface area contributed by atoms with E-state index in [2.05, 4.69) is 0 Å². The highest BCUT2D eigenvalue weighted by Crippen LogP contribution is 2.33. The molecule has 0 aliphatic carbocycles. The van der Waals surface area contributed by atoms with Gasteiger partial charge in [0.2, 0.25) is 0 Å². The highest BCUT2D eigenvalue weighted by Gasteiger charge is 2.17. The van der Waals surface area contributed by atoms with E-state index < -0.39 is 6.10 Å². The van der Waals surface area contributed by atoms with Gasteiger partial charge in [-0.3, -0.25) is 0 Å². The van der Waals surface area contributed by atoms with Crippen molar-refractivity contribution in [3.63, 3.8) is 0 Å². The minimum absolute atomic E-state index is 0.434. The lowest BCUT2D eigenvalue weighted by Crippen LogP contribution is -1.95. The van der Waals surface area contributed by atoms with E-state index in [4.69, 9.17) is 16.3 Å². The van der Waals surface area contributed by atoms with E-state index in [1.165, 1.54) is 0 Å². The van der Waals surface area contributed by atoms with Gasteiger partial charge in [-0.1, -0.05) is 11.6 Å². The lowest BCUT2D eigenvalue weighted by molar-refractivity contribution is 0.167. The fourth-order valence-electron chi connectivity index (χ4n) is 1.53. The molecule has 1 atom stereocenters. The number of hydrogen-bond donors (Lipinski definition) is 1. The number of aliphatic hydroxyl groups is 1. The van der Waals surface area contributed by atoms with E-state index in [0.717, 1.165) is 24.2 Å². The van der Waals surface area contributed by atoms with Crippen LogP contribution >= 0.6 is 11.6 Å². The summed E-state index contributed by atoms with van der Waals surface area (Å²) in [4.78, 5) is 0. The first kappa shape index (κ1) is 8.85. The first-order valence-electron chi connectivity index (χ1n) is 4.37. The first-order valence-corrected chi connectivity index (χ1v) is 4.75. The van der Waals surface area contributed by atoms with E-state index in [9.17, 15) is 5.11 Å². The molecule has 0 aromatic heterocycles. The second kappa shape index (κ2) is 3.56. The van der Waals surface area contributed by atoms with Crippen LogP contribution in [-0.2, 0) is 0 Å². The van der Waals surface area contributed by atoms with Gasteiger partial charge in [0.25, 0.3) is 0 Å². The van der Waals surface area contributed by atoms with Crippen molar-refractivity contribution < 1.29 is 9.84 Å². The van der Waals surface area contributed by atoms with Crippen LogP contribution in [0.25, 0.3) is 0 Å². The molecule has 1 N–H and O–H groups in total. The molecule has 0 fully saturated rings. The largest absolute Gasteiger partial charge is 0.493 e. The van der Waals surface area contributed by atoms with Crippen LogP contribution in [0.2, 0.25) is 5.02 Å². The average molecular weight is 199 g/mol. The number of halogens is 1. The van der Waals surface area contributed by atoms with Gasteiger partial charge in [0.1, 0.15) is 5.75 Å². The van der Waals surface area contributed by atoms with Crippen molar-refractivity contribution in [2.45, 2.75) is 18.9 Å². The molecule has 1 aliphatic rings. The van der Waals surface area contributed by atoms with Gasteiger partial charge in [-0.15, -0.1) is 0 Å². The van der Waals surface area contributed by atoms with Crippen LogP contribution < -0.4 is 4.74 Å². The van der Waals surface area contributed by atoms with Gasteiger partial charge in [-0.05, 0) is 31.0 Å². The molecule has 0 saturated carbocycles. The van der Waals surface area contributed by atoms with Crippen LogP contribution in [-0.4, -0.2) is 11.7 Å². The third kappa shape index (κ3) is 1.79. The summed E-state index contributed by atoms with van der Waals surface area (Å²) in [5.41, 5.74) is 0.810. The second-order valence-corrected chi connectivity index (χ2v) is 3.63. The number of rotatable bonds is 0. The third-order valence-electron chi connectivity index (χ3n) is 2.21. The summed E-state index contributed by atoms with van der Waals surface area (Å²) < 4.78 is 5.46. The molecular weight excluding hydrogens is 188 g/mol. The Morgan fingerprint density at radius 1 is 1.46 bits per heavy atom. The van der Waals surface area contributed by atoms with E-state index in [-0.39, 0.29) is 0 Å². The first-order chi connectivity index (χ1) is 6.27. The quantitative estimate of drug-likeness (QED) is 0.694. The van der Waals surface area contributed by atoms with Gasteiger partial charge in [-0.2, -0.15) is 0 Å². The Morgan fingerprint density at radius 3 is 3.15 bits per heavy atom. The molecule has 0 radical (unpaired) electrons. The van der Waals surface area contributed by atoms with Crippen molar-refractivity contribution in [2.24, 2.45) is 0 Å². The SMILES string of the molecule is O[C@H]1CCCOc2ccc(Cl)cc21. The standard InChI is InChI=1S/C10H11ClO2/c11-7-3-4-10-8(6-7)9(12)2-1-5-13-10/h3-4,6,9,12H,1-2,5H2/t9-/m0/s1. The highest BCUT2D eigenvalue weighted by molar-refractivity contribution is 6.30. The summed E-state index contributed by atoms with van der Waals surface area (Å²) in [6, 6.07) is 5.36. The predicted octanol–water partition coefficient (Wildman–Crippen LogP) is 2.55. The normalized spacial score (nSPS) is 21.5. The highest BCUT2D eigenvalue weighted by atomic mass is 35.5. The van der Waals surface area contributed by atoms with Crippen LogP contribution in [0.5, 0.6) is 5.75 Å². The zero-order valence-corrected chi connectivity index (χ0v) is 7.92. The summed E-state index contributed by atoms with van der Waals surface area (Å²) in [6.07, 6.45) is 1.19. The zero-order chi connectivity index (χ0) is 9.26. The minimum Gasteiger partial charge on any atom is -0.493 e. The van der Waals surface area contributed by atoms with Gasteiger partial charge in [0.15, 0.2) is 0 Å². The Labute approximate surface area is 82.1 Å². The number of ether oxygens (including phenoxy) is 1. The van der Waals surface area contributed by atoms with Crippen molar-refractivity contribution in [3.8, 4) is 5.75 Å². The van der Waals surface area contributed by atoms with Crippen LogP contribution in [0, 0.1) is 0 Å². The van der Waals surface area contributed by atoms with Gasteiger partial charge >= 0.3 is 0 Å². The number of aliphatic hydroxyl groups excluding tert-OH is 1. The van der Waals surface area contributed by atoms with Crippen molar-refractivity contribution in [3.05, 3.63) is 28.8 Å². The lowest BCUT2D eigenvalue weighted by Gasteiger charge is -2.10. The summed E-state index contributed by atoms with van der Waals surface area (Å²) in [5, 5.41) is 10.4. The maximum Gasteiger partial charge on any atom is 0.125 e. The van der Waals surface area contributed by atoms with Crippen molar-refractivity contribution in [1.29, 1.82) is 0 Å². The number of fused-ring (bicyclic) bond motifs is 1. The van der Waals surface area contributed by atoms with E-state index in [0.29, 0.717) is 11.6 Å². The number of hydrogen-bond acceptors (Lipinski definition) is 2. The molecule has 1 aromatic rings. The van der Waals surface area contributed by atoms with Crippen molar-refractivity contribution in [1.82, 2.24) is 0 Å². The molecule has 0 unspecified atom stereocenters. The Kier molecular flexibility index (Phi) is 2.42. The lowest BCUT2D eigenvalue weighted by atomic mass is 10.1. The number of benzene rings is 1. The summed E-state index contributed by atoms with van der Waals surface area (Å²) >= 11 is 5.83. The van der Waals surface area contributed by atoms with E-state index in [1.54, 1.807) is 12.1 Å². The maximum atomic E-state index is 9.73. The fourth-order valence-corrected chi connectivity index (χ4v) is 1.71. The second-order valence-electron chi connectivity index (χ2n) is 3.19. The van der Waals surface area contributed by atoms with Crippen LogP contribution in [0.3, 0.4) is 0 Å². The molecule has 2 nitrogen and oxygen atoms in total. The molecule has 3 heteroatoms. The topological polar surface area (TPSA) is 29.5 Å². The van der Waals surface area contributed by atoms with Crippen LogP contribution in [0.1, 0.15) is 24.5 Å². The molecule has 0 bridgehead atoms. The molecule has 1 aromatic carbocycles. The van der Waals surface area contributed by atoms with Crippen molar-refractivity contribution >= 4 is 11.6 Å². The van der Waals surface area contributed by atoms with Gasteiger partial charge < -0.3 is 9.84 Å². The van der Waals surface area contributed by atoms with Crippen LogP contribution in [0.15, 0.2) is 18.2 Å². The molecule has 1 heterocycles. The minimum atomic E-state index is -0.434. The van der Waals surface area contributed by atoms with Gasteiger partial charge in [-0.25, -0.2) is 0 Å².